The lowest BCUT2D eigenvalue weighted by molar-refractivity contribution is -0.135. The van der Waals surface area contributed by atoms with Crippen molar-refractivity contribution in [2.75, 3.05) is 6.54 Å². The van der Waals surface area contributed by atoms with E-state index in [4.69, 9.17) is 5.11 Å². The molecule has 1 aliphatic heterocycles. The number of aliphatic carboxylic acids is 1. The lowest BCUT2D eigenvalue weighted by atomic mass is 10.2. The SMILES string of the molecule is CCC(NC(=O)/C=C\C(=O)O)N1CCCCCC1=O. The van der Waals surface area contributed by atoms with Gasteiger partial charge in [-0.25, -0.2) is 4.79 Å². The highest BCUT2D eigenvalue weighted by molar-refractivity contribution is 5.94. The molecular weight excluding hydrogens is 248 g/mol. The lowest BCUT2D eigenvalue weighted by Gasteiger charge is -2.30. The van der Waals surface area contributed by atoms with E-state index in [1.807, 2.05) is 6.92 Å². The van der Waals surface area contributed by atoms with Crippen LogP contribution in [0.25, 0.3) is 0 Å². The molecule has 0 radical (unpaired) electrons. The Balaban J connectivity index is 2.63. The van der Waals surface area contributed by atoms with E-state index in [0.717, 1.165) is 31.4 Å². The number of carbonyl (C=O) groups is 3. The van der Waals surface area contributed by atoms with Crippen LogP contribution in [0.2, 0.25) is 0 Å². The molecule has 0 bridgehead atoms. The van der Waals surface area contributed by atoms with Gasteiger partial charge in [0, 0.05) is 25.1 Å². The summed E-state index contributed by atoms with van der Waals surface area (Å²) in [4.78, 5) is 35.5. The van der Waals surface area contributed by atoms with Gasteiger partial charge in [-0.15, -0.1) is 0 Å². The summed E-state index contributed by atoms with van der Waals surface area (Å²) < 4.78 is 0. The number of likely N-dealkylation sites (tertiary alicyclic amines) is 1. The van der Waals surface area contributed by atoms with E-state index in [9.17, 15) is 14.4 Å². The molecule has 2 N–H and O–H groups in total. The molecule has 0 aliphatic carbocycles. The second kappa shape index (κ2) is 7.56. The van der Waals surface area contributed by atoms with E-state index in [2.05, 4.69) is 5.32 Å². The predicted molar refractivity (Wildman–Crippen MR) is 69.2 cm³/mol. The van der Waals surface area contributed by atoms with Gasteiger partial charge in [0.15, 0.2) is 0 Å². The Morgan fingerprint density at radius 3 is 2.74 bits per heavy atom. The van der Waals surface area contributed by atoms with Crippen LogP contribution >= 0.6 is 0 Å². The van der Waals surface area contributed by atoms with Crippen molar-refractivity contribution in [3.8, 4) is 0 Å². The van der Waals surface area contributed by atoms with E-state index >= 15 is 0 Å². The van der Waals surface area contributed by atoms with Crippen molar-refractivity contribution < 1.29 is 19.5 Å². The zero-order valence-corrected chi connectivity index (χ0v) is 11.1. The summed E-state index contributed by atoms with van der Waals surface area (Å²) in [5.74, 6) is -1.62. The molecule has 6 nitrogen and oxygen atoms in total. The maximum absolute atomic E-state index is 11.9. The van der Waals surface area contributed by atoms with Gasteiger partial charge in [0.2, 0.25) is 11.8 Å². The minimum absolute atomic E-state index is 0.0480. The number of hydrogen-bond acceptors (Lipinski definition) is 3. The van der Waals surface area contributed by atoms with Crippen LogP contribution in [0.15, 0.2) is 12.2 Å². The molecular formula is C13H20N2O4. The van der Waals surface area contributed by atoms with Gasteiger partial charge in [-0.2, -0.15) is 0 Å². The molecule has 0 saturated carbocycles. The first-order valence-electron chi connectivity index (χ1n) is 6.55. The van der Waals surface area contributed by atoms with Crippen LogP contribution in [0.5, 0.6) is 0 Å². The van der Waals surface area contributed by atoms with Crippen LogP contribution in [-0.2, 0) is 14.4 Å². The fourth-order valence-electron chi connectivity index (χ4n) is 2.09. The molecule has 19 heavy (non-hydrogen) atoms. The van der Waals surface area contributed by atoms with E-state index < -0.39 is 11.9 Å². The van der Waals surface area contributed by atoms with Crippen LogP contribution in [0.3, 0.4) is 0 Å². The fourth-order valence-corrected chi connectivity index (χ4v) is 2.09. The first-order valence-corrected chi connectivity index (χ1v) is 6.55. The number of nitrogens with one attached hydrogen (secondary N) is 1. The van der Waals surface area contributed by atoms with Gasteiger partial charge in [0.05, 0.1) is 0 Å². The third-order valence-electron chi connectivity index (χ3n) is 3.06. The standard InChI is InChI=1S/C13H20N2O4/c1-2-10(14-11(16)7-8-13(18)19)15-9-5-3-4-6-12(15)17/h7-8,10H,2-6,9H2,1H3,(H,14,16)(H,18,19)/b8-7-. The zero-order chi connectivity index (χ0) is 14.3. The summed E-state index contributed by atoms with van der Waals surface area (Å²) in [6.07, 6.45) is 5.33. The molecule has 1 rings (SSSR count). The van der Waals surface area contributed by atoms with Crippen molar-refractivity contribution >= 4 is 17.8 Å². The Kier molecular flexibility index (Phi) is 6.05. The number of carbonyl (C=O) groups excluding carboxylic acids is 2. The molecule has 6 heteroatoms. The molecule has 0 aromatic carbocycles. The van der Waals surface area contributed by atoms with Gasteiger partial charge < -0.3 is 15.3 Å². The average molecular weight is 268 g/mol. The maximum atomic E-state index is 11.9. The van der Waals surface area contributed by atoms with Gasteiger partial charge in [-0.05, 0) is 19.3 Å². The number of carboxylic acids is 1. The summed E-state index contributed by atoms with van der Waals surface area (Å²) in [6.45, 7) is 2.52. The van der Waals surface area contributed by atoms with E-state index in [1.165, 1.54) is 0 Å². The predicted octanol–water partition coefficient (Wildman–Crippen LogP) is 0.882. The Bertz CT molecular complexity index is 379. The number of carboxylic acid groups (broad SMARTS) is 1. The normalized spacial score (nSPS) is 18.2. The van der Waals surface area contributed by atoms with Gasteiger partial charge >= 0.3 is 5.97 Å². The van der Waals surface area contributed by atoms with Crippen molar-refractivity contribution in [2.45, 2.75) is 45.2 Å². The summed E-state index contributed by atoms with van der Waals surface area (Å²) in [7, 11) is 0. The van der Waals surface area contributed by atoms with Gasteiger partial charge in [0.1, 0.15) is 6.17 Å². The number of rotatable bonds is 5. The minimum atomic E-state index is -1.17. The Morgan fingerprint density at radius 1 is 1.37 bits per heavy atom. The first-order chi connectivity index (χ1) is 9.04. The zero-order valence-electron chi connectivity index (χ0n) is 11.1. The molecule has 1 fully saturated rings. The largest absolute Gasteiger partial charge is 0.478 e. The van der Waals surface area contributed by atoms with Crippen molar-refractivity contribution in [3.63, 3.8) is 0 Å². The Labute approximate surface area is 112 Å². The molecule has 1 atom stereocenters. The Morgan fingerprint density at radius 2 is 2.11 bits per heavy atom. The lowest BCUT2D eigenvalue weighted by Crippen LogP contribution is -2.50. The molecule has 1 saturated heterocycles. The topological polar surface area (TPSA) is 86.7 Å². The van der Waals surface area contributed by atoms with Crippen molar-refractivity contribution in [1.29, 1.82) is 0 Å². The highest BCUT2D eigenvalue weighted by Crippen LogP contribution is 2.14. The third-order valence-corrected chi connectivity index (χ3v) is 3.06. The molecule has 1 heterocycles. The quantitative estimate of drug-likeness (QED) is 0.725. The molecule has 0 aromatic heterocycles. The number of amides is 2. The summed E-state index contributed by atoms with van der Waals surface area (Å²) in [5, 5.41) is 11.1. The van der Waals surface area contributed by atoms with Gasteiger partial charge in [0.25, 0.3) is 0 Å². The fraction of sp³-hybridized carbons (Fsp3) is 0.615. The molecule has 1 aliphatic rings. The summed E-state index contributed by atoms with van der Waals surface area (Å²) >= 11 is 0. The summed E-state index contributed by atoms with van der Waals surface area (Å²) in [5.41, 5.74) is 0. The van der Waals surface area contributed by atoms with E-state index in [-0.39, 0.29) is 12.1 Å². The molecule has 1 unspecified atom stereocenters. The van der Waals surface area contributed by atoms with Crippen LogP contribution in [0.4, 0.5) is 0 Å². The van der Waals surface area contributed by atoms with Crippen molar-refractivity contribution in [1.82, 2.24) is 10.2 Å². The highest BCUT2D eigenvalue weighted by atomic mass is 16.4. The van der Waals surface area contributed by atoms with E-state index in [1.54, 1.807) is 4.90 Å². The molecule has 2 amide bonds. The van der Waals surface area contributed by atoms with Crippen molar-refractivity contribution in [3.05, 3.63) is 12.2 Å². The van der Waals surface area contributed by atoms with Crippen LogP contribution < -0.4 is 5.32 Å². The molecule has 0 spiro atoms. The maximum Gasteiger partial charge on any atom is 0.328 e. The van der Waals surface area contributed by atoms with Crippen molar-refractivity contribution in [2.24, 2.45) is 0 Å². The number of nitrogens with zero attached hydrogens (tertiary/aromatic N) is 1. The average Bonchev–Trinajstić information content (AvgIpc) is 2.58. The second-order valence-electron chi connectivity index (χ2n) is 4.50. The third kappa shape index (κ3) is 5.11. The minimum Gasteiger partial charge on any atom is -0.478 e. The summed E-state index contributed by atoms with van der Waals surface area (Å²) in [6, 6.07) is 0. The smallest absolute Gasteiger partial charge is 0.328 e. The Hall–Kier alpha value is -1.85. The second-order valence-corrected chi connectivity index (χ2v) is 4.50. The molecule has 0 aromatic rings. The first kappa shape index (κ1) is 15.2. The van der Waals surface area contributed by atoms with Crippen LogP contribution in [-0.4, -0.2) is 40.5 Å². The van der Waals surface area contributed by atoms with Gasteiger partial charge in [-0.1, -0.05) is 13.3 Å². The van der Waals surface area contributed by atoms with Crippen LogP contribution in [0.1, 0.15) is 39.0 Å². The number of hydrogen-bond donors (Lipinski definition) is 2. The van der Waals surface area contributed by atoms with E-state index in [0.29, 0.717) is 19.4 Å². The monoisotopic (exact) mass is 268 g/mol. The van der Waals surface area contributed by atoms with Crippen LogP contribution in [0, 0.1) is 0 Å². The van der Waals surface area contributed by atoms with Gasteiger partial charge in [-0.3, -0.25) is 9.59 Å². The molecule has 106 valence electrons. The highest BCUT2D eigenvalue weighted by Gasteiger charge is 2.24.